The monoisotopic (exact) mass is 290 g/mol. The molecule has 1 aromatic carbocycles. The fourth-order valence-electron chi connectivity index (χ4n) is 3.83. The normalized spacial score (nSPS) is 26.4. The molecule has 0 aliphatic carbocycles. The highest BCUT2D eigenvalue weighted by atomic mass is 16.6. The summed E-state index contributed by atoms with van der Waals surface area (Å²) < 4.78 is 0. The SMILES string of the molecule is CN1CC2CCN(c3cccc(N)c3[N+](=O)[O-])CCC2C1. The summed E-state index contributed by atoms with van der Waals surface area (Å²) in [7, 11) is 2.18. The second-order valence-electron chi connectivity index (χ2n) is 6.28. The van der Waals surface area contributed by atoms with E-state index in [1.807, 2.05) is 6.07 Å². The Hall–Kier alpha value is -1.82. The highest BCUT2D eigenvalue weighted by Gasteiger charge is 2.34. The molecule has 114 valence electrons. The van der Waals surface area contributed by atoms with Gasteiger partial charge in [-0.2, -0.15) is 0 Å². The van der Waals surface area contributed by atoms with E-state index in [-0.39, 0.29) is 16.3 Å². The number of nitrogen functional groups attached to an aromatic ring is 1. The minimum absolute atomic E-state index is 0.0571. The van der Waals surface area contributed by atoms with Crippen molar-refractivity contribution >= 4 is 17.1 Å². The first kappa shape index (κ1) is 14.1. The van der Waals surface area contributed by atoms with E-state index in [9.17, 15) is 10.1 Å². The number of likely N-dealkylation sites (tertiary alicyclic amines) is 1. The van der Waals surface area contributed by atoms with Crippen molar-refractivity contribution in [1.82, 2.24) is 4.90 Å². The van der Waals surface area contributed by atoms with Crippen LogP contribution in [0, 0.1) is 22.0 Å². The zero-order chi connectivity index (χ0) is 15.0. The van der Waals surface area contributed by atoms with E-state index in [2.05, 4.69) is 16.8 Å². The van der Waals surface area contributed by atoms with Crippen molar-refractivity contribution in [2.24, 2.45) is 11.8 Å². The number of benzene rings is 1. The molecule has 6 heteroatoms. The first-order chi connectivity index (χ1) is 10.1. The summed E-state index contributed by atoms with van der Waals surface area (Å²) in [5.41, 5.74) is 6.79. The molecule has 2 heterocycles. The van der Waals surface area contributed by atoms with E-state index in [1.165, 1.54) is 0 Å². The van der Waals surface area contributed by atoms with Gasteiger partial charge < -0.3 is 15.5 Å². The van der Waals surface area contributed by atoms with E-state index in [0.717, 1.165) is 50.9 Å². The maximum absolute atomic E-state index is 11.3. The van der Waals surface area contributed by atoms with Gasteiger partial charge in [-0.1, -0.05) is 6.07 Å². The zero-order valence-corrected chi connectivity index (χ0v) is 12.4. The van der Waals surface area contributed by atoms with E-state index in [0.29, 0.717) is 5.69 Å². The number of nitro groups is 1. The number of hydrogen-bond acceptors (Lipinski definition) is 5. The summed E-state index contributed by atoms with van der Waals surface area (Å²) in [6.07, 6.45) is 2.20. The number of nitro benzene ring substituents is 1. The summed E-state index contributed by atoms with van der Waals surface area (Å²) >= 11 is 0. The molecule has 2 fully saturated rings. The van der Waals surface area contributed by atoms with Gasteiger partial charge in [-0.15, -0.1) is 0 Å². The van der Waals surface area contributed by atoms with Gasteiger partial charge >= 0.3 is 5.69 Å². The highest BCUT2D eigenvalue weighted by molar-refractivity contribution is 5.75. The topological polar surface area (TPSA) is 75.6 Å². The Bertz CT molecular complexity index is 532. The van der Waals surface area contributed by atoms with E-state index in [4.69, 9.17) is 5.73 Å². The predicted octanol–water partition coefficient (Wildman–Crippen LogP) is 1.95. The largest absolute Gasteiger partial charge is 0.393 e. The molecule has 0 radical (unpaired) electrons. The molecule has 2 unspecified atom stereocenters. The number of nitrogens with two attached hydrogens (primary N) is 1. The standard InChI is InChI=1S/C15H22N4O2/c1-17-9-11-5-7-18(8-6-12(11)10-17)14-4-2-3-13(16)15(14)19(20)21/h2-4,11-12H,5-10,16H2,1H3. The van der Waals surface area contributed by atoms with Gasteiger partial charge in [0.05, 0.1) is 4.92 Å². The van der Waals surface area contributed by atoms with Crippen LogP contribution in [0.3, 0.4) is 0 Å². The van der Waals surface area contributed by atoms with Crippen LogP contribution >= 0.6 is 0 Å². The van der Waals surface area contributed by atoms with Gasteiger partial charge in [0.25, 0.3) is 0 Å². The molecule has 21 heavy (non-hydrogen) atoms. The molecular formula is C15H22N4O2. The van der Waals surface area contributed by atoms with E-state index >= 15 is 0 Å². The second kappa shape index (κ2) is 5.52. The Balaban J connectivity index is 1.83. The fourth-order valence-corrected chi connectivity index (χ4v) is 3.83. The smallest absolute Gasteiger partial charge is 0.315 e. The average Bonchev–Trinajstić information content (AvgIpc) is 2.67. The Labute approximate surface area is 124 Å². The third-order valence-electron chi connectivity index (χ3n) is 4.87. The molecule has 0 bridgehead atoms. The molecule has 2 aliphatic rings. The third kappa shape index (κ3) is 2.68. The minimum atomic E-state index is -0.357. The number of hydrogen-bond donors (Lipinski definition) is 1. The lowest BCUT2D eigenvalue weighted by atomic mass is 9.92. The lowest BCUT2D eigenvalue weighted by Gasteiger charge is -2.23. The lowest BCUT2D eigenvalue weighted by Crippen LogP contribution is -2.27. The van der Waals surface area contributed by atoms with Crippen molar-refractivity contribution in [2.45, 2.75) is 12.8 Å². The van der Waals surface area contributed by atoms with Crippen LogP contribution in [0.1, 0.15) is 12.8 Å². The maximum Gasteiger partial charge on any atom is 0.315 e. The Morgan fingerprint density at radius 2 is 1.86 bits per heavy atom. The van der Waals surface area contributed by atoms with Crippen LogP contribution in [0.25, 0.3) is 0 Å². The first-order valence-corrected chi connectivity index (χ1v) is 7.52. The second-order valence-corrected chi connectivity index (χ2v) is 6.28. The molecule has 0 amide bonds. The van der Waals surface area contributed by atoms with Crippen molar-refractivity contribution in [3.05, 3.63) is 28.3 Å². The molecule has 2 saturated heterocycles. The molecule has 0 spiro atoms. The Morgan fingerprint density at radius 3 is 2.43 bits per heavy atom. The molecule has 3 rings (SSSR count). The van der Waals surface area contributed by atoms with Crippen LogP contribution in [0.2, 0.25) is 0 Å². The minimum Gasteiger partial charge on any atom is -0.393 e. The number of rotatable bonds is 2. The molecule has 1 aromatic rings. The van der Waals surface area contributed by atoms with E-state index < -0.39 is 0 Å². The van der Waals surface area contributed by atoms with Crippen molar-refractivity contribution < 1.29 is 4.92 Å². The Morgan fingerprint density at radius 1 is 1.24 bits per heavy atom. The van der Waals surface area contributed by atoms with Gasteiger partial charge in [-0.3, -0.25) is 10.1 Å². The summed E-state index contributed by atoms with van der Waals surface area (Å²) in [5, 5.41) is 11.3. The number of para-hydroxylation sites is 1. The molecule has 2 atom stereocenters. The molecule has 6 nitrogen and oxygen atoms in total. The molecular weight excluding hydrogens is 268 g/mol. The number of anilines is 2. The first-order valence-electron chi connectivity index (χ1n) is 7.52. The zero-order valence-electron chi connectivity index (χ0n) is 12.4. The Kier molecular flexibility index (Phi) is 3.71. The quantitative estimate of drug-likeness (QED) is 0.512. The number of nitrogens with zero attached hydrogens (tertiary/aromatic N) is 3. The maximum atomic E-state index is 11.3. The van der Waals surface area contributed by atoms with E-state index in [1.54, 1.807) is 12.1 Å². The molecule has 2 N–H and O–H groups in total. The fraction of sp³-hybridized carbons (Fsp3) is 0.600. The van der Waals surface area contributed by atoms with Crippen LogP contribution in [-0.4, -0.2) is 43.0 Å². The van der Waals surface area contributed by atoms with Crippen LogP contribution < -0.4 is 10.6 Å². The average molecular weight is 290 g/mol. The van der Waals surface area contributed by atoms with Crippen molar-refractivity contribution in [2.75, 3.05) is 43.9 Å². The van der Waals surface area contributed by atoms with Gasteiger partial charge in [0, 0.05) is 26.2 Å². The number of fused-ring (bicyclic) bond motifs is 1. The van der Waals surface area contributed by atoms with Gasteiger partial charge in [0.15, 0.2) is 0 Å². The van der Waals surface area contributed by atoms with Gasteiger partial charge in [-0.05, 0) is 43.9 Å². The third-order valence-corrected chi connectivity index (χ3v) is 4.87. The van der Waals surface area contributed by atoms with Crippen LogP contribution in [0.5, 0.6) is 0 Å². The van der Waals surface area contributed by atoms with Gasteiger partial charge in [-0.25, -0.2) is 0 Å². The predicted molar refractivity (Wildman–Crippen MR) is 83.4 cm³/mol. The van der Waals surface area contributed by atoms with Crippen molar-refractivity contribution in [1.29, 1.82) is 0 Å². The molecule has 2 aliphatic heterocycles. The van der Waals surface area contributed by atoms with Crippen LogP contribution in [0.4, 0.5) is 17.1 Å². The van der Waals surface area contributed by atoms with Gasteiger partial charge in [0.2, 0.25) is 0 Å². The summed E-state index contributed by atoms with van der Waals surface area (Å²) in [6.45, 7) is 4.05. The van der Waals surface area contributed by atoms with Crippen molar-refractivity contribution in [3.8, 4) is 0 Å². The lowest BCUT2D eigenvalue weighted by molar-refractivity contribution is -0.383. The van der Waals surface area contributed by atoms with Gasteiger partial charge in [0.1, 0.15) is 11.4 Å². The van der Waals surface area contributed by atoms with Crippen LogP contribution in [-0.2, 0) is 0 Å². The van der Waals surface area contributed by atoms with Crippen LogP contribution in [0.15, 0.2) is 18.2 Å². The highest BCUT2D eigenvalue weighted by Crippen LogP contribution is 2.37. The van der Waals surface area contributed by atoms with Crippen molar-refractivity contribution in [3.63, 3.8) is 0 Å². The summed E-state index contributed by atoms with van der Waals surface area (Å²) in [4.78, 5) is 15.5. The summed E-state index contributed by atoms with van der Waals surface area (Å²) in [5.74, 6) is 1.44. The molecule has 0 saturated carbocycles. The summed E-state index contributed by atoms with van der Waals surface area (Å²) in [6, 6.07) is 5.22. The molecule has 0 aromatic heterocycles.